The molecule has 9 nitrogen and oxygen atoms in total. The SMILES string of the molecule is COC(=O)[C@H]1N[C@]2(C)CC[C@@](C(=O)OC)(N2)[C@]1(O)C(=O)OC. The predicted octanol–water partition coefficient (Wildman–Crippen LogP) is -1.95. The molecule has 0 aromatic heterocycles. The maximum atomic E-state index is 12.3. The van der Waals surface area contributed by atoms with E-state index in [0.717, 1.165) is 21.3 Å². The fourth-order valence-corrected chi connectivity index (χ4v) is 3.37. The Morgan fingerprint density at radius 3 is 2.14 bits per heavy atom. The fraction of sp³-hybridized carbons (Fsp3) is 0.769. The number of hydrogen-bond donors (Lipinski definition) is 3. The van der Waals surface area contributed by atoms with E-state index in [2.05, 4.69) is 20.1 Å². The first-order chi connectivity index (χ1) is 10.2. The molecule has 0 unspecified atom stereocenters. The molecule has 0 aromatic rings. The molecule has 0 aromatic carbocycles. The number of carbonyl (C=O) groups excluding carboxylic acids is 3. The molecule has 0 aliphatic carbocycles. The summed E-state index contributed by atoms with van der Waals surface area (Å²) in [5.74, 6) is -2.85. The number of hydrogen-bond acceptors (Lipinski definition) is 9. The van der Waals surface area contributed by atoms with Crippen molar-refractivity contribution in [3.8, 4) is 0 Å². The Labute approximate surface area is 127 Å². The van der Waals surface area contributed by atoms with Gasteiger partial charge in [-0.25, -0.2) is 9.59 Å². The number of carbonyl (C=O) groups is 3. The van der Waals surface area contributed by atoms with Crippen LogP contribution in [0.3, 0.4) is 0 Å². The summed E-state index contributed by atoms with van der Waals surface area (Å²) in [6, 6.07) is -1.47. The number of aliphatic hydroxyl groups is 1. The highest BCUT2D eigenvalue weighted by Crippen LogP contribution is 2.45. The Kier molecular flexibility index (Phi) is 3.92. The van der Waals surface area contributed by atoms with Gasteiger partial charge in [0.15, 0.2) is 5.54 Å². The molecule has 3 N–H and O–H groups in total. The van der Waals surface area contributed by atoms with Crippen molar-refractivity contribution in [3.63, 3.8) is 0 Å². The van der Waals surface area contributed by atoms with Gasteiger partial charge in [-0.15, -0.1) is 0 Å². The van der Waals surface area contributed by atoms with Gasteiger partial charge < -0.3 is 19.3 Å². The molecule has 2 aliphatic heterocycles. The third-order valence-electron chi connectivity index (χ3n) is 4.49. The highest BCUT2D eigenvalue weighted by atomic mass is 16.6. The van der Waals surface area contributed by atoms with Crippen LogP contribution < -0.4 is 10.6 Å². The van der Waals surface area contributed by atoms with E-state index in [1.165, 1.54) is 0 Å². The molecule has 0 saturated carbocycles. The van der Waals surface area contributed by atoms with Crippen molar-refractivity contribution < 1.29 is 33.7 Å². The van der Waals surface area contributed by atoms with Crippen LogP contribution in [-0.2, 0) is 28.6 Å². The average Bonchev–Trinajstić information content (AvgIpc) is 2.84. The quantitative estimate of drug-likeness (QED) is 0.402. The molecule has 0 amide bonds. The van der Waals surface area contributed by atoms with Gasteiger partial charge in [-0.05, 0) is 19.8 Å². The Bertz CT molecular complexity index is 525. The Morgan fingerprint density at radius 2 is 1.64 bits per heavy atom. The van der Waals surface area contributed by atoms with Crippen LogP contribution in [-0.4, -0.2) is 67.2 Å². The zero-order valence-electron chi connectivity index (χ0n) is 12.9. The first kappa shape index (κ1) is 16.7. The summed E-state index contributed by atoms with van der Waals surface area (Å²) < 4.78 is 14.1. The zero-order chi connectivity index (χ0) is 16.8. The maximum absolute atomic E-state index is 12.3. The largest absolute Gasteiger partial charge is 0.468 e. The Morgan fingerprint density at radius 1 is 1.05 bits per heavy atom. The second-order valence-corrected chi connectivity index (χ2v) is 5.71. The number of nitrogens with one attached hydrogen (secondary N) is 2. The molecule has 2 saturated heterocycles. The highest BCUT2D eigenvalue weighted by molar-refractivity contribution is 6.00. The monoisotopic (exact) mass is 316 g/mol. The summed E-state index contributed by atoms with van der Waals surface area (Å²) in [6.07, 6.45) is 0.469. The second-order valence-electron chi connectivity index (χ2n) is 5.71. The van der Waals surface area contributed by atoms with E-state index in [1.807, 2.05) is 0 Å². The topological polar surface area (TPSA) is 123 Å². The van der Waals surface area contributed by atoms with Crippen molar-refractivity contribution >= 4 is 17.9 Å². The van der Waals surface area contributed by atoms with Gasteiger partial charge in [0.2, 0.25) is 5.60 Å². The van der Waals surface area contributed by atoms with Crippen LogP contribution in [0.5, 0.6) is 0 Å². The molecule has 22 heavy (non-hydrogen) atoms. The van der Waals surface area contributed by atoms with Gasteiger partial charge in [-0.3, -0.25) is 15.4 Å². The van der Waals surface area contributed by atoms with E-state index in [0.29, 0.717) is 6.42 Å². The average molecular weight is 316 g/mol. The fourth-order valence-electron chi connectivity index (χ4n) is 3.37. The molecule has 2 aliphatic rings. The summed E-state index contributed by atoms with van der Waals surface area (Å²) in [5.41, 5.74) is -5.14. The molecule has 9 heteroatoms. The van der Waals surface area contributed by atoms with Crippen LogP contribution in [0.25, 0.3) is 0 Å². The van der Waals surface area contributed by atoms with Crippen LogP contribution in [0.4, 0.5) is 0 Å². The minimum Gasteiger partial charge on any atom is -0.468 e. The van der Waals surface area contributed by atoms with E-state index < -0.39 is 40.8 Å². The molecular formula is C13H20N2O7. The molecule has 0 radical (unpaired) electrons. The molecular weight excluding hydrogens is 296 g/mol. The van der Waals surface area contributed by atoms with E-state index in [4.69, 9.17) is 4.74 Å². The predicted molar refractivity (Wildman–Crippen MR) is 71.4 cm³/mol. The van der Waals surface area contributed by atoms with Crippen molar-refractivity contribution in [1.29, 1.82) is 0 Å². The van der Waals surface area contributed by atoms with E-state index in [1.54, 1.807) is 6.92 Å². The molecule has 2 fully saturated rings. The molecule has 0 spiro atoms. The van der Waals surface area contributed by atoms with Crippen molar-refractivity contribution in [3.05, 3.63) is 0 Å². The summed E-state index contributed by atoms with van der Waals surface area (Å²) in [7, 11) is 3.32. The molecule has 2 heterocycles. The lowest BCUT2D eigenvalue weighted by atomic mass is 9.72. The van der Waals surface area contributed by atoms with Crippen LogP contribution in [0.15, 0.2) is 0 Å². The van der Waals surface area contributed by atoms with Crippen LogP contribution in [0.2, 0.25) is 0 Å². The van der Waals surface area contributed by atoms with Gasteiger partial charge >= 0.3 is 17.9 Å². The maximum Gasteiger partial charge on any atom is 0.342 e. The smallest absolute Gasteiger partial charge is 0.342 e. The van der Waals surface area contributed by atoms with Gasteiger partial charge in [-0.2, -0.15) is 0 Å². The highest BCUT2D eigenvalue weighted by Gasteiger charge is 2.75. The number of ether oxygens (including phenoxy) is 3. The lowest BCUT2D eigenvalue weighted by Crippen LogP contribution is -2.85. The molecule has 124 valence electrons. The second kappa shape index (κ2) is 5.18. The van der Waals surface area contributed by atoms with Crippen LogP contribution >= 0.6 is 0 Å². The first-order valence-electron chi connectivity index (χ1n) is 6.75. The van der Waals surface area contributed by atoms with E-state index >= 15 is 0 Å². The van der Waals surface area contributed by atoms with Crippen molar-refractivity contribution in [2.24, 2.45) is 0 Å². The lowest BCUT2D eigenvalue weighted by Gasteiger charge is -2.50. The minimum atomic E-state index is -2.50. The molecule has 2 rings (SSSR count). The standard InChI is InChI=1S/C13H20N2O7/c1-11-5-6-12(15-11,9(17)21-3)13(19,10(18)22-4)7(14-11)8(16)20-2/h7,14-15,19H,5-6H2,1-4H3/t7-,11+,12+,13-/m1/s1. The van der Waals surface area contributed by atoms with Gasteiger partial charge in [0.1, 0.15) is 6.04 Å². The van der Waals surface area contributed by atoms with Crippen molar-refractivity contribution in [2.75, 3.05) is 21.3 Å². The van der Waals surface area contributed by atoms with E-state index in [-0.39, 0.29) is 6.42 Å². The summed E-state index contributed by atoms with van der Waals surface area (Å²) in [6.45, 7) is 1.71. The minimum absolute atomic E-state index is 0.0856. The zero-order valence-corrected chi connectivity index (χ0v) is 12.9. The lowest BCUT2D eigenvalue weighted by molar-refractivity contribution is -0.199. The summed E-state index contributed by atoms with van der Waals surface area (Å²) >= 11 is 0. The first-order valence-corrected chi connectivity index (χ1v) is 6.75. The third kappa shape index (κ3) is 1.93. The number of fused-ring (bicyclic) bond motifs is 2. The number of rotatable bonds is 3. The Balaban J connectivity index is 2.65. The van der Waals surface area contributed by atoms with Gasteiger partial charge in [0.25, 0.3) is 0 Å². The van der Waals surface area contributed by atoms with Crippen LogP contribution in [0.1, 0.15) is 19.8 Å². The van der Waals surface area contributed by atoms with Gasteiger partial charge in [0, 0.05) is 0 Å². The molecule has 4 atom stereocenters. The molecule has 2 bridgehead atoms. The van der Waals surface area contributed by atoms with Crippen molar-refractivity contribution in [2.45, 2.75) is 42.6 Å². The summed E-state index contributed by atoms with van der Waals surface area (Å²) in [5, 5.41) is 16.8. The third-order valence-corrected chi connectivity index (χ3v) is 4.49. The number of methoxy groups -OCH3 is 3. The normalized spacial score (nSPS) is 40.0. The summed E-state index contributed by atoms with van der Waals surface area (Å²) in [4.78, 5) is 36.7. The van der Waals surface area contributed by atoms with Crippen LogP contribution in [0, 0.1) is 0 Å². The Hall–Kier alpha value is -1.71. The number of esters is 3. The van der Waals surface area contributed by atoms with Crippen molar-refractivity contribution in [1.82, 2.24) is 10.6 Å². The van der Waals surface area contributed by atoms with Gasteiger partial charge in [-0.1, -0.05) is 0 Å². The van der Waals surface area contributed by atoms with E-state index in [9.17, 15) is 19.5 Å². The van der Waals surface area contributed by atoms with Gasteiger partial charge in [0.05, 0.1) is 27.0 Å².